The van der Waals surface area contributed by atoms with E-state index in [9.17, 15) is 9.18 Å². The van der Waals surface area contributed by atoms with Gasteiger partial charge in [0.1, 0.15) is 5.69 Å². The fourth-order valence-corrected chi connectivity index (χ4v) is 1.51. The Balaban J connectivity index is 2.57. The van der Waals surface area contributed by atoms with E-state index in [1.807, 2.05) is 0 Å². The van der Waals surface area contributed by atoms with Crippen LogP contribution in [0, 0.1) is 5.82 Å². The number of hydrogen-bond donors (Lipinski definition) is 1. The Labute approximate surface area is 96.7 Å². The molecule has 0 spiro atoms. The van der Waals surface area contributed by atoms with E-state index in [-0.39, 0.29) is 11.4 Å². The first-order chi connectivity index (χ1) is 8.11. The number of carboxylic acid groups (broad SMARTS) is 1. The summed E-state index contributed by atoms with van der Waals surface area (Å²) in [5, 5.41) is 9.41. The van der Waals surface area contributed by atoms with E-state index >= 15 is 0 Å². The Morgan fingerprint density at radius 3 is 2.88 bits per heavy atom. The Bertz CT molecular complexity index is 583. The van der Waals surface area contributed by atoms with Gasteiger partial charge in [0, 0.05) is 11.5 Å². The number of fused-ring (bicyclic) bond motifs is 1. The molecule has 1 N–H and O–H groups in total. The third-order valence-corrected chi connectivity index (χ3v) is 2.26. The van der Waals surface area contributed by atoms with E-state index in [1.165, 1.54) is 18.2 Å². The van der Waals surface area contributed by atoms with Gasteiger partial charge >= 0.3 is 5.97 Å². The molecule has 0 amide bonds. The van der Waals surface area contributed by atoms with Crippen LogP contribution in [-0.4, -0.2) is 22.7 Å². The Morgan fingerprint density at radius 2 is 2.24 bits per heavy atom. The summed E-state index contributed by atoms with van der Waals surface area (Å²) in [6.07, 6.45) is 0. The molecule has 0 saturated carbocycles. The molecule has 1 aromatic heterocycles. The number of nitrogens with zero attached hydrogens (tertiary/aromatic N) is 1. The van der Waals surface area contributed by atoms with Crippen LogP contribution in [0.2, 0.25) is 0 Å². The minimum atomic E-state index is -1.14. The van der Waals surface area contributed by atoms with Gasteiger partial charge in [-0.25, -0.2) is 14.2 Å². The first-order valence-electron chi connectivity index (χ1n) is 5.08. The Hall–Kier alpha value is -2.17. The van der Waals surface area contributed by atoms with Gasteiger partial charge in [-0.05, 0) is 19.1 Å². The topological polar surface area (TPSA) is 59.4 Å². The molecule has 1 heterocycles. The molecule has 1 aromatic carbocycles. The van der Waals surface area contributed by atoms with Gasteiger partial charge in [-0.3, -0.25) is 0 Å². The van der Waals surface area contributed by atoms with Crippen molar-refractivity contribution in [3.05, 3.63) is 35.8 Å². The van der Waals surface area contributed by atoms with Crippen molar-refractivity contribution in [2.45, 2.75) is 6.92 Å². The highest BCUT2D eigenvalue weighted by Gasteiger charge is 2.09. The molecule has 0 aliphatic carbocycles. The lowest BCUT2D eigenvalue weighted by Crippen LogP contribution is -2.00. The van der Waals surface area contributed by atoms with Crippen LogP contribution in [0.15, 0.2) is 24.3 Å². The standard InChI is InChI=1S/C12H10FNO3/c1-2-17-11-5-7-3-4-9(12(15)16)14-10(7)6-8(11)13/h3-6H,2H2,1H3,(H,15,16). The lowest BCUT2D eigenvalue weighted by molar-refractivity contribution is 0.0691. The van der Waals surface area contributed by atoms with Crippen LogP contribution in [0.25, 0.3) is 10.9 Å². The zero-order valence-corrected chi connectivity index (χ0v) is 9.11. The van der Waals surface area contributed by atoms with Gasteiger partial charge in [-0.1, -0.05) is 6.07 Å². The smallest absolute Gasteiger partial charge is 0.354 e. The minimum absolute atomic E-state index is 0.110. The summed E-state index contributed by atoms with van der Waals surface area (Å²) < 4.78 is 18.6. The van der Waals surface area contributed by atoms with Gasteiger partial charge in [0.2, 0.25) is 0 Å². The van der Waals surface area contributed by atoms with Gasteiger partial charge in [0.25, 0.3) is 0 Å². The van der Waals surface area contributed by atoms with Crippen molar-refractivity contribution < 1.29 is 19.0 Å². The second-order valence-corrected chi connectivity index (χ2v) is 3.41. The number of aromatic nitrogens is 1. The number of carbonyl (C=O) groups is 1. The molecular weight excluding hydrogens is 225 g/mol. The van der Waals surface area contributed by atoms with Gasteiger partial charge in [-0.15, -0.1) is 0 Å². The van der Waals surface area contributed by atoms with Crippen LogP contribution in [0.3, 0.4) is 0 Å². The second-order valence-electron chi connectivity index (χ2n) is 3.41. The normalized spacial score (nSPS) is 10.5. The molecule has 0 atom stereocenters. The number of pyridine rings is 1. The van der Waals surface area contributed by atoms with Crippen LogP contribution >= 0.6 is 0 Å². The maximum absolute atomic E-state index is 13.5. The summed E-state index contributed by atoms with van der Waals surface area (Å²) in [5.41, 5.74) is 0.187. The third kappa shape index (κ3) is 2.18. The van der Waals surface area contributed by atoms with E-state index in [0.717, 1.165) is 0 Å². The minimum Gasteiger partial charge on any atom is -0.491 e. The zero-order chi connectivity index (χ0) is 12.4. The van der Waals surface area contributed by atoms with Crippen LogP contribution in [0.4, 0.5) is 4.39 Å². The van der Waals surface area contributed by atoms with Gasteiger partial charge < -0.3 is 9.84 Å². The molecule has 0 unspecified atom stereocenters. The van der Waals surface area contributed by atoms with E-state index in [0.29, 0.717) is 17.5 Å². The van der Waals surface area contributed by atoms with E-state index in [1.54, 1.807) is 13.0 Å². The molecule has 0 fully saturated rings. The molecule has 0 aliphatic rings. The van der Waals surface area contributed by atoms with Crippen LogP contribution < -0.4 is 4.74 Å². The number of rotatable bonds is 3. The maximum Gasteiger partial charge on any atom is 0.354 e. The molecule has 88 valence electrons. The van der Waals surface area contributed by atoms with Crippen molar-refractivity contribution in [2.24, 2.45) is 0 Å². The highest BCUT2D eigenvalue weighted by atomic mass is 19.1. The van der Waals surface area contributed by atoms with E-state index in [4.69, 9.17) is 9.84 Å². The highest BCUT2D eigenvalue weighted by Crippen LogP contribution is 2.24. The molecular formula is C12H10FNO3. The molecule has 4 nitrogen and oxygen atoms in total. The number of carboxylic acids is 1. The summed E-state index contributed by atoms with van der Waals surface area (Å²) in [5.74, 6) is -1.54. The quantitative estimate of drug-likeness (QED) is 0.887. The van der Waals surface area contributed by atoms with Crippen LogP contribution in [-0.2, 0) is 0 Å². The average Bonchev–Trinajstić information content (AvgIpc) is 2.29. The molecule has 0 saturated heterocycles. The average molecular weight is 235 g/mol. The predicted octanol–water partition coefficient (Wildman–Crippen LogP) is 2.47. The number of benzene rings is 1. The second kappa shape index (κ2) is 4.37. The first kappa shape index (κ1) is 11.3. The molecule has 0 bridgehead atoms. The zero-order valence-electron chi connectivity index (χ0n) is 9.11. The lowest BCUT2D eigenvalue weighted by atomic mass is 10.2. The monoisotopic (exact) mass is 235 g/mol. The van der Waals surface area contributed by atoms with Crippen molar-refractivity contribution in [3.63, 3.8) is 0 Å². The Morgan fingerprint density at radius 1 is 1.47 bits per heavy atom. The summed E-state index contributed by atoms with van der Waals surface area (Å²) in [6.45, 7) is 2.12. The summed E-state index contributed by atoms with van der Waals surface area (Å²) in [4.78, 5) is 14.6. The Kier molecular flexibility index (Phi) is 2.91. The summed E-state index contributed by atoms with van der Waals surface area (Å²) in [7, 11) is 0. The maximum atomic E-state index is 13.5. The highest BCUT2D eigenvalue weighted by molar-refractivity contribution is 5.90. The van der Waals surface area contributed by atoms with E-state index < -0.39 is 11.8 Å². The van der Waals surface area contributed by atoms with Crippen LogP contribution in [0.1, 0.15) is 17.4 Å². The summed E-state index contributed by atoms with van der Waals surface area (Å²) in [6, 6.07) is 5.63. The fourth-order valence-electron chi connectivity index (χ4n) is 1.51. The predicted molar refractivity (Wildman–Crippen MR) is 59.8 cm³/mol. The van der Waals surface area contributed by atoms with Crippen molar-refractivity contribution in [1.29, 1.82) is 0 Å². The van der Waals surface area contributed by atoms with Crippen molar-refractivity contribution in [2.75, 3.05) is 6.61 Å². The van der Waals surface area contributed by atoms with Gasteiger partial charge in [0.15, 0.2) is 11.6 Å². The SMILES string of the molecule is CCOc1cc2ccc(C(=O)O)nc2cc1F. The van der Waals surface area contributed by atoms with Crippen molar-refractivity contribution in [3.8, 4) is 5.75 Å². The van der Waals surface area contributed by atoms with Gasteiger partial charge in [0.05, 0.1) is 12.1 Å². The number of halogens is 1. The van der Waals surface area contributed by atoms with Crippen molar-refractivity contribution in [1.82, 2.24) is 4.98 Å². The number of ether oxygens (including phenoxy) is 1. The van der Waals surface area contributed by atoms with Crippen LogP contribution in [0.5, 0.6) is 5.75 Å². The lowest BCUT2D eigenvalue weighted by Gasteiger charge is -2.06. The van der Waals surface area contributed by atoms with E-state index in [2.05, 4.69) is 4.98 Å². The molecule has 17 heavy (non-hydrogen) atoms. The first-order valence-corrected chi connectivity index (χ1v) is 5.08. The number of hydrogen-bond acceptors (Lipinski definition) is 3. The third-order valence-electron chi connectivity index (χ3n) is 2.26. The molecule has 0 aliphatic heterocycles. The largest absolute Gasteiger partial charge is 0.491 e. The molecule has 5 heteroatoms. The number of aromatic carboxylic acids is 1. The molecule has 0 radical (unpaired) electrons. The molecule has 2 rings (SSSR count). The summed E-state index contributed by atoms with van der Waals surface area (Å²) >= 11 is 0. The van der Waals surface area contributed by atoms with Crippen molar-refractivity contribution >= 4 is 16.9 Å². The van der Waals surface area contributed by atoms with Gasteiger partial charge in [-0.2, -0.15) is 0 Å². The molecule has 2 aromatic rings. The fraction of sp³-hybridized carbons (Fsp3) is 0.167.